The van der Waals surface area contributed by atoms with Gasteiger partial charge in [0.1, 0.15) is 5.69 Å². The van der Waals surface area contributed by atoms with Gasteiger partial charge in [-0.25, -0.2) is 9.97 Å². The number of nitrogens with zero attached hydrogens (tertiary/aromatic N) is 3. The summed E-state index contributed by atoms with van der Waals surface area (Å²) in [4.78, 5) is 8.21. The van der Waals surface area contributed by atoms with Crippen molar-refractivity contribution in [2.75, 3.05) is 6.54 Å². The van der Waals surface area contributed by atoms with Gasteiger partial charge in [-0.1, -0.05) is 6.92 Å². The highest BCUT2D eigenvalue weighted by Gasteiger charge is 2.08. The molecule has 0 aliphatic carbocycles. The largest absolute Gasteiger partial charge is 0.438 e. The minimum atomic E-state index is 0.661. The summed E-state index contributed by atoms with van der Waals surface area (Å²) in [6, 6.07) is 0. The van der Waals surface area contributed by atoms with E-state index < -0.39 is 0 Å². The third-order valence-corrected chi connectivity index (χ3v) is 2.15. The maximum absolute atomic E-state index is 5.58. The van der Waals surface area contributed by atoms with Gasteiger partial charge in [-0.2, -0.15) is 0 Å². The minimum Gasteiger partial charge on any atom is -0.438 e. The summed E-state index contributed by atoms with van der Waals surface area (Å²) in [6.07, 6.45) is 5.23. The zero-order valence-corrected chi connectivity index (χ0v) is 8.90. The van der Waals surface area contributed by atoms with Crippen molar-refractivity contribution in [1.82, 2.24) is 19.9 Å². The van der Waals surface area contributed by atoms with Crippen molar-refractivity contribution < 1.29 is 4.42 Å². The number of rotatable bonds is 4. The highest BCUT2D eigenvalue weighted by molar-refractivity contribution is 5.49. The highest BCUT2D eigenvalue weighted by atomic mass is 16.4. The molecule has 0 aromatic carbocycles. The zero-order chi connectivity index (χ0) is 10.7. The van der Waals surface area contributed by atoms with E-state index in [9.17, 15) is 0 Å². The molecular formula is C10H14N4O. The molecule has 2 heterocycles. The molecule has 0 aliphatic heterocycles. The second-order valence-corrected chi connectivity index (χ2v) is 3.29. The first-order valence-electron chi connectivity index (χ1n) is 4.93. The van der Waals surface area contributed by atoms with Gasteiger partial charge in [0.05, 0.1) is 25.3 Å². The predicted molar refractivity (Wildman–Crippen MR) is 56.1 cm³/mol. The van der Waals surface area contributed by atoms with Crippen molar-refractivity contribution in [3.8, 4) is 11.5 Å². The van der Waals surface area contributed by atoms with E-state index in [0.717, 1.165) is 18.0 Å². The molecule has 15 heavy (non-hydrogen) atoms. The van der Waals surface area contributed by atoms with Crippen molar-refractivity contribution in [1.29, 1.82) is 0 Å². The van der Waals surface area contributed by atoms with E-state index >= 15 is 0 Å². The van der Waals surface area contributed by atoms with Crippen LogP contribution in [0.4, 0.5) is 0 Å². The van der Waals surface area contributed by atoms with Crippen LogP contribution in [-0.4, -0.2) is 21.1 Å². The van der Waals surface area contributed by atoms with Crippen LogP contribution in [0, 0.1) is 0 Å². The Balaban J connectivity index is 2.17. The predicted octanol–water partition coefficient (Wildman–Crippen LogP) is 1.18. The number of aryl methyl sites for hydroxylation is 1. The molecular weight excluding hydrogens is 192 g/mol. The summed E-state index contributed by atoms with van der Waals surface area (Å²) in [5.41, 5.74) is 0.935. The van der Waals surface area contributed by atoms with Gasteiger partial charge in [0.25, 0.3) is 0 Å². The van der Waals surface area contributed by atoms with Crippen LogP contribution in [0.2, 0.25) is 0 Å². The third kappa shape index (κ3) is 2.07. The van der Waals surface area contributed by atoms with Gasteiger partial charge < -0.3 is 14.3 Å². The first-order valence-corrected chi connectivity index (χ1v) is 4.93. The topological polar surface area (TPSA) is 55.9 Å². The van der Waals surface area contributed by atoms with Crippen molar-refractivity contribution >= 4 is 0 Å². The fourth-order valence-corrected chi connectivity index (χ4v) is 1.34. The van der Waals surface area contributed by atoms with Crippen LogP contribution in [0.3, 0.4) is 0 Å². The first-order chi connectivity index (χ1) is 7.31. The number of hydrogen-bond donors (Lipinski definition) is 1. The van der Waals surface area contributed by atoms with Crippen molar-refractivity contribution in [2.24, 2.45) is 7.05 Å². The summed E-state index contributed by atoms with van der Waals surface area (Å²) >= 11 is 0. The molecule has 0 amide bonds. The summed E-state index contributed by atoms with van der Waals surface area (Å²) in [5, 5.41) is 3.16. The average molecular weight is 206 g/mol. The Bertz CT molecular complexity index is 432. The average Bonchev–Trinajstić information content (AvgIpc) is 2.83. The molecule has 2 rings (SSSR count). The Morgan fingerprint density at radius 2 is 2.33 bits per heavy atom. The molecule has 0 radical (unpaired) electrons. The second kappa shape index (κ2) is 4.27. The molecule has 0 fully saturated rings. The molecule has 0 spiro atoms. The van der Waals surface area contributed by atoms with Crippen LogP contribution in [-0.2, 0) is 13.6 Å². The summed E-state index contributed by atoms with van der Waals surface area (Å²) < 4.78 is 7.48. The number of hydrogen-bond acceptors (Lipinski definition) is 4. The van der Waals surface area contributed by atoms with E-state index in [4.69, 9.17) is 4.42 Å². The number of nitrogens with one attached hydrogen (secondary N) is 1. The molecule has 0 saturated heterocycles. The van der Waals surface area contributed by atoms with E-state index in [1.54, 1.807) is 18.7 Å². The number of imidazole rings is 1. The molecule has 2 aromatic heterocycles. The van der Waals surface area contributed by atoms with E-state index in [2.05, 4.69) is 15.3 Å². The van der Waals surface area contributed by atoms with Gasteiger partial charge >= 0.3 is 0 Å². The molecule has 0 saturated carbocycles. The second-order valence-electron chi connectivity index (χ2n) is 3.29. The number of aromatic nitrogens is 3. The molecule has 5 nitrogen and oxygen atoms in total. The zero-order valence-electron chi connectivity index (χ0n) is 8.90. The van der Waals surface area contributed by atoms with Gasteiger partial charge in [-0.3, -0.25) is 0 Å². The molecule has 0 aliphatic rings. The lowest BCUT2D eigenvalue weighted by Crippen LogP contribution is -2.11. The van der Waals surface area contributed by atoms with E-state index in [-0.39, 0.29) is 0 Å². The van der Waals surface area contributed by atoms with Crippen LogP contribution in [0.1, 0.15) is 12.8 Å². The monoisotopic (exact) mass is 206 g/mol. The summed E-state index contributed by atoms with van der Waals surface area (Å²) in [6.45, 7) is 3.61. The van der Waals surface area contributed by atoms with Gasteiger partial charge in [-0.15, -0.1) is 0 Å². The summed E-state index contributed by atoms with van der Waals surface area (Å²) in [7, 11) is 1.93. The van der Waals surface area contributed by atoms with E-state index in [0.29, 0.717) is 12.4 Å². The first kappa shape index (κ1) is 9.92. The fraction of sp³-hybridized carbons (Fsp3) is 0.400. The molecule has 2 aromatic rings. The molecule has 5 heteroatoms. The van der Waals surface area contributed by atoms with Crippen LogP contribution in [0.5, 0.6) is 0 Å². The fourth-order valence-electron chi connectivity index (χ4n) is 1.34. The lowest BCUT2D eigenvalue weighted by Gasteiger charge is -1.97. The third-order valence-electron chi connectivity index (χ3n) is 2.15. The molecule has 0 atom stereocenters. The van der Waals surface area contributed by atoms with Gasteiger partial charge in [0, 0.05) is 7.05 Å². The molecule has 1 N–H and O–H groups in total. The minimum absolute atomic E-state index is 0.661. The Labute approximate surface area is 88.2 Å². The van der Waals surface area contributed by atoms with Crippen LogP contribution in [0.25, 0.3) is 11.5 Å². The Morgan fingerprint density at radius 3 is 3.00 bits per heavy atom. The van der Waals surface area contributed by atoms with E-state index in [1.807, 2.05) is 18.5 Å². The Morgan fingerprint density at radius 1 is 1.47 bits per heavy atom. The standard InChI is InChI=1S/C10H14N4O/c1-3-11-6-10-13-5-9(15-10)8-4-12-7-14(8)2/h4-5,7,11H,3,6H2,1-2H3. The van der Waals surface area contributed by atoms with Crippen LogP contribution in [0.15, 0.2) is 23.1 Å². The Hall–Kier alpha value is -1.62. The highest BCUT2D eigenvalue weighted by Crippen LogP contribution is 2.18. The molecule has 80 valence electrons. The smallest absolute Gasteiger partial charge is 0.208 e. The van der Waals surface area contributed by atoms with Crippen LogP contribution >= 0.6 is 0 Å². The summed E-state index contributed by atoms with van der Waals surface area (Å²) in [5.74, 6) is 1.45. The van der Waals surface area contributed by atoms with Crippen LogP contribution < -0.4 is 5.32 Å². The van der Waals surface area contributed by atoms with Gasteiger partial charge in [0.2, 0.25) is 5.89 Å². The maximum atomic E-state index is 5.58. The lowest BCUT2D eigenvalue weighted by molar-refractivity contribution is 0.480. The van der Waals surface area contributed by atoms with Crippen molar-refractivity contribution in [2.45, 2.75) is 13.5 Å². The SMILES string of the molecule is CCNCc1ncc(-c2cncn2C)o1. The maximum Gasteiger partial charge on any atom is 0.208 e. The van der Waals surface area contributed by atoms with Crippen molar-refractivity contribution in [3.05, 3.63) is 24.6 Å². The van der Waals surface area contributed by atoms with Crippen molar-refractivity contribution in [3.63, 3.8) is 0 Å². The lowest BCUT2D eigenvalue weighted by atomic mass is 10.4. The van der Waals surface area contributed by atoms with Gasteiger partial charge in [0.15, 0.2) is 5.76 Å². The van der Waals surface area contributed by atoms with Gasteiger partial charge in [-0.05, 0) is 6.54 Å². The molecule has 0 bridgehead atoms. The Kier molecular flexibility index (Phi) is 2.82. The molecule has 0 unspecified atom stereocenters. The quantitative estimate of drug-likeness (QED) is 0.816. The normalized spacial score (nSPS) is 10.8. The van der Waals surface area contributed by atoms with E-state index in [1.165, 1.54) is 0 Å². The number of oxazole rings is 1.